The number of rotatable bonds is 4. The topological polar surface area (TPSA) is 90.6 Å². The van der Waals surface area contributed by atoms with Crippen LogP contribution in [0.4, 0.5) is 4.79 Å². The molecule has 0 atom stereocenters. The zero-order valence-electron chi connectivity index (χ0n) is 10.5. The Morgan fingerprint density at radius 1 is 1.26 bits per heavy atom. The lowest BCUT2D eigenvalue weighted by molar-refractivity contribution is -0.143. The SMILES string of the molecule is CC(C)N1C(=O)C(=O)N(CC(=O)c2ccc[nH]2)C1=O. The predicted molar refractivity (Wildman–Crippen MR) is 64.2 cm³/mol. The highest BCUT2D eigenvalue weighted by Crippen LogP contribution is 2.15. The van der Waals surface area contributed by atoms with Crippen molar-refractivity contribution in [1.82, 2.24) is 14.8 Å². The van der Waals surface area contributed by atoms with Crippen LogP contribution in [0, 0.1) is 0 Å². The molecule has 0 aromatic carbocycles. The summed E-state index contributed by atoms with van der Waals surface area (Å²) in [6.45, 7) is 2.81. The molecule has 7 heteroatoms. The molecule has 1 saturated heterocycles. The molecule has 0 saturated carbocycles. The largest absolute Gasteiger partial charge is 0.359 e. The smallest absolute Gasteiger partial charge is 0.334 e. The second kappa shape index (κ2) is 4.68. The molecule has 100 valence electrons. The van der Waals surface area contributed by atoms with Gasteiger partial charge in [0.25, 0.3) is 0 Å². The summed E-state index contributed by atoms with van der Waals surface area (Å²) in [6.07, 6.45) is 1.56. The van der Waals surface area contributed by atoms with Crippen LogP contribution in [0.3, 0.4) is 0 Å². The standard InChI is InChI=1S/C12H13N3O4/c1-7(2)15-11(18)10(17)14(12(15)19)6-9(16)8-4-3-5-13-8/h3-5,7,13H,6H2,1-2H3. The molecular formula is C12H13N3O4. The number of carbonyl (C=O) groups is 4. The Morgan fingerprint density at radius 3 is 2.42 bits per heavy atom. The Morgan fingerprint density at radius 2 is 1.95 bits per heavy atom. The minimum Gasteiger partial charge on any atom is -0.359 e. The average molecular weight is 263 g/mol. The molecule has 0 unspecified atom stereocenters. The van der Waals surface area contributed by atoms with Crippen LogP contribution in [-0.4, -0.2) is 51.0 Å². The minimum atomic E-state index is -0.960. The van der Waals surface area contributed by atoms with E-state index in [0.717, 1.165) is 4.90 Å². The highest BCUT2D eigenvalue weighted by Gasteiger charge is 2.46. The van der Waals surface area contributed by atoms with E-state index in [-0.39, 0.29) is 5.69 Å². The molecule has 1 N–H and O–H groups in total. The number of nitrogens with one attached hydrogen (secondary N) is 1. The molecule has 0 radical (unpaired) electrons. The number of hydrogen-bond donors (Lipinski definition) is 1. The third kappa shape index (κ3) is 2.14. The number of carbonyl (C=O) groups excluding carboxylic acids is 4. The van der Waals surface area contributed by atoms with Gasteiger partial charge in [-0.1, -0.05) is 0 Å². The number of aromatic nitrogens is 1. The first-order valence-electron chi connectivity index (χ1n) is 5.79. The van der Waals surface area contributed by atoms with Crippen molar-refractivity contribution in [2.45, 2.75) is 19.9 Å². The number of urea groups is 1. The van der Waals surface area contributed by atoms with E-state index in [1.165, 1.54) is 6.07 Å². The maximum Gasteiger partial charge on any atom is 0.334 e. The fraction of sp³-hybridized carbons (Fsp3) is 0.333. The summed E-state index contributed by atoms with van der Waals surface area (Å²) in [5.74, 6) is -2.28. The molecule has 1 fully saturated rings. The Kier molecular flexibility index (Phi) is 3.20. The lowest BCUT2D eigenvalue weighted by atomic mass is 10.3. The second-order valence-corrected chi connectivity index (χ2v) is 4.45. The number of aromatic amines is 1. The van der Waals surface area contributed by atoms with Gasteiger partial charge in [-0.2, -0.15) is 0 Å². The van der Waals surface area contributed by atoms with Gasteiger partial charge in [0.2, 0.25) is 0 Å². The number of ketones is 1. The van der Waals surface area contributed by atoms with Gasteiger partial charge in [0.1, 0.15) is 0 Å². The fourth-order valence-electron chi connectivity index (χ4n) is 1.85. The minimum absolute atomic E-state index is 0.288. The van der Waals surface area contributed by atoms with Crippen LogP contribution < -0.4 is 0 Å². The normalized spacial score (nSPS) is 15.8. The van der Waals surface area contributed by atoms with Crippen molar-refractivity contribution in [3.05, 3.63) is 24.0 Å². The van der Waals surface area contributed by atoms with E-state index >= 15 is 0 Å². The molecule has 1 aromatic rings. The molecule has 2 heterocycles. The van der Waals surface area contributed by atoms with E-state index < -0.39 is 36.2 Å². The molecule has 7 nitrogen and oxygen atoms in total. The van der Waals surface area contributed by atoms with Gasteiger partial charge in [-0.3, -0.25) is 19.3 Å². The van der Waals surface area contributed by atoms with Crippen LogP contribution in [0.2, 0.25) is 0 Å². The summed E-state index contributed by atoms with van der Waals surface area (Å²) in [6, 6.07) is 2.00. The summed E-state index contributed by atoms with van der Waals surface area (Å²) in [5.41, 5.74) is 0.288. The van der Waals surface area contributed by atoms with E-state index in [0.29, 0.717) is 4.90 Å². The van der Waals surface area contributed by atoms with Gasteiger partial charge >= 0.3 is 17.8 Å². The Bertz CT molecular complexity index is 547. The molecule has 1 aliphatic heterocycles. The molecule has 1 aromatic heterocycles. The summed E-state index contributed by atoms with van der Waals surface area (Å²) >= 11 is 0. The number of H-pyrrole nitrogens is 1. The van der Waals surface area contributed by atoms with E-state index in [1.807, 2.05) is 0 Å². The number of nitrogens with zero attached hydrogens (tertiary/aromatic N) is 2. The van der Waals surface area contributed by atoms with Gasteiger partial charge in [0, 0.05) is 12.2 Å². The van der Waals surface area contributed by atoms with Gasteiger partial charge in [0.05, 0.1) is 12.2 Å². The van der Waals surface area contributed by atoms with E-state index in [1.54, 1.807) is 26.1 Å². The lowest BCUT2D eigenvalue weighted by Gasteiger charge is -2.17. The molecule has 4 amide bonds. The zero-order chi connectivity index (χ0) is 14.2. The lowest BCUT2D eigenvalue weighted by Crippen LogP contribution is -2.39. The van der Waals surface area contributed by atoms with Crippen molar-refractivity contribution in [3.63, 3.8) is 0 Å². The monoisotopic (exact) mass is 263 g/mol. The highest BCUT2D eigenvalue weighted by molar-refractivity contribution is 6.45. The van der Waals surface area contributed by atoms with Gasteiger partial charge in [-0.05, 0) is 26.0 Å². The van der Waals surface area contributed by atoms with Gasteiger partial charge in [0.15, 0.2) is 5.78 Å². The van der Waals surface area contributed by atoms with E-state index in [9.17, 15) is 19.2 Å². The van der Waals surface area contributed by atoms with Crippen molar-refractivity contribution in [3.8, 4) is 0 Å². The Hall–Kier alpha value is -2.44. The summed E-state index contributed by atoms with van der Waals surface area (Å²) in [4.78, 5) is 51.3. The first kappa shape index (κ1) is 13.0. The maximum atomic E-state index is 11.9. The number of amides is 4. The fourth-order valence-corrected chi connectivity index (χ4v) is 1.85. The summed E-state index contributed by atoms with van der Waals surface area (Å²) < 4.78 is 0. The second-order valence-electron chi connectivity index (χ2n) is 4.45. The molecule has 0 aliphatic carbocycles. The average Bonchev–Trinajstić information content (AvgIpc) is 2.93. The van der Waals surface area contributed by atoms with Gasteiger partial charge in [-0.25, -0.2) is 9.69 Å². The molecule has 0 bridgehead atoms. The number of hydrogen-bond acceptors (Lipinski definition) is 4. The highest BCUT2D eigenvalue weighted by atomic mass is 16.2. The van der Waals surface area contributed by atoms with Crippen molar-refractivity contribution in [2.24, 2.45) is 0 Å². The van der Waals surface area contributed by atoms with Crippen LogP contribution in [0.1, 0.15) is 24.3 Å². The van der Waals surface area contributed by atoms with Crippen LogP contribution >= 0.6 is 0 Å². The summed E-state index contributed by atoms with van der Waals surface area (Å²) in [7, 11) is 0. The van der Waals surface area contributed by atoms with Crippen molar-refractivity contribution >= 4 is 23.6 Å². The van der Waals surface area contributed by atoms with Crippen LogP contribution in [-0.2, 0) is 9.59 Å². The Balaban J connectivity index is 2.17. The van der Waals surface area contributed by atoms with E-state index in [2.05, 4.69) is 4.98 Å². The molecule has 0 spiro atoms. The molecular weight excluding hydrogens is 250 g/mol. The predicted octanol–water partition coefficient (Wildman–Crippen LogP) is 0.397. The third-order valence-corrected chi connectivity index (χ3v) is 2.80. The number of Topliss-reactive ketones (excluding diaryl/α,β-unsaturated/α-hetero) is 1. The maximum absolute atomic E-state index is 11.9. The van der Waals surface area contributed by atoms with Gasteiger partial charge < -0.3 is 4.98 Å². The first-order chi connectivity index (χ1) is 8.93. The van der Waals surface area contributed by atoms with Crippen molar-refractivity contribution in [2.75, 3.05) is 6.54 Å². The molecule has 19 heavy (non-hydrogen) atoms. The quantitative estimate of drug-likeness (QED) is 0.483. The zero-order valence-corrected chi connectivity index (χ0v) is 10.5. The van der Waals surface area contributed by atoms with E-state index in [4.69, 9.17) is 0 Å². The number of imide groups is 2. The van der Waals surface area contributed by atoms with Crippen LogP contribution in [0.15, 0.2) is 18.3 Å². The van der Waals surface area contributed by atoms with Crippen LogP contribution in [0.5, 0.6) is 0 Å². The summed E-state index contributed by atoms with van der Waals surface area (Å²) in [5, 5.41) is 0. The van der Waals surface area contributed by atoms with Gasteiger partial charge in [-0.15, -0.1) is 0 Å². The van der Waals surface area contributed by atoms with Crippen LogP contribution in [0.25, 0.3) is 0 Å². The molecule has 1 aliphatic rings. The first-order valence-corrected chi connectivity index (χ1v) is 5.79. The molecule has 2 rings (SSSR count). The van der Waals surface area contributed by atoms with Crippen molar-refractivity contribution in [1.29, 1.82) is 0 Å². The van der Waals surface area contributed by atoms with Crippen molar-refractivity contribution < 1.29 is 19.2 Å². The third-order valence-electron chi connectivity index (χ3n) is 2.80. The Labute approximate surface area is 109 Å².